The summed E-state index contributed by atoms with van der Waals surface area (Å²) in [7, 11) is 7.30. The van der Waals surface area contributed by atoms with Crippen molar-refractivity contribution in [2.45, 2.75) is 39.3 Å². The molecule has 7 heterocycles. The number of nitriles is 2. The fraction of sp³-hybridized carbons (Fsp3) is 0.119. The van der Waals surface area contributed by atoms with E-state index in [2.05, 4.69) is 124 Å². The molecule has 7 aromatic carbocycles. The Morgan fingerprint density at radius 2 is 0.864 bits per heavy atom. The van der Waals surface area contributed by atoms with E-state index in [4.69, 9.17) is 15.3 Å². The largest absolute Gasteiger partial charge is 0.495 e. The Labute approximate surface area is 844 Å². The summed E-state index contributed by atoms with van der Waals surface area (Å²) in [6.45, 7) is 5.38. The number of benzene rings is 7. The molecule has 7 aromatic heterocycles. The number of methoxy groups -OCH3 is 1. The highest BCUT2D eigenvalue weighted by molar-refractivity contribution is 5.77. The highest BCUT2D eigenvalue weighted by atomic mass is 19.4. The summed E-state index contributed by atoms with van der Waals surface area (Å²) in [5.74, 6) is 1.71. The van der Waals surface area contributed by atoms with Crippen molar-refractivity contribution in [1.29, 1.82) is 10.5 Å². The molecule has 12 N–H and O–H groups in total. The van der Waals surface area contributed by atoms with Crippen LogP contribution in [0.4, 0.5) is 70.3 Å². The highest BCUT2D eigenvalue weighted by Gasteiger charge is 2.30. The number of anilines is 10. The minimum Gasteiger partial charge on any atom is -0.495 e. The monoisotopic (exact) mass is 2010 g/mol. The number of nitrogens with one attached hydrogen (secondary N) is 12. The number of rotatable bonds is 36. The van der Waals surface area contributed by atoms with Crippen molar-refractivity contribution >= 4 is 147 Å². The Morgan fingerprint density at radius 3 is 1.38 bits per heavy atom. The molecule has 0 aliphatic rings. The highest BCUT2D eigenvalue weighted by Crippen LogP contribution is 2.30. The molecule has 147 heavy (non-hydrogen) atoms. The summed E-state index contributed by atoms with van der Waals surface area (Å²) in [6.07, 6.45) is 24.9. The van der Waals surface area contributed by atoms with Crippen LogP contribution < -0.4 is 73.4 Å². The molecule has 46 heteroatoms. The van der Waals surface area contributed by atoms with Gasteiger partial charge in [-0.25, -0.2) is 15.0 Å². The van der Waals surface area contributed by atoms with E-state index in [1.54, 1.807) is 184 Å². The molecule has 0 aliphatic carbocycles. The van der Waals surface area contributed by atoms with Gasteiger partial charge in [0.05, 0.1) is 114 Å². The SMILES string of the molecule is CN(C)CCN(C=O)Cc1ccccc1.CN(C=O)c1ccccc1.COc1ccccc1NC=O.Cc1cnc(CNC=O)cn1.N#Cc1ccc(NC=O)cc1.N#Cc1cccc(NC=O)c1.O=CNCc1cccc(C(F)(F)F)c1.O=CNCc1ccccc1.O=CNc1ccccn1.O=CNc1cccnc1.O=CNc1cccnn1.O=CNc1ccncc1.O=CNc1ccnnc1.O=CNc1cncnc1. The van der Waals surface area contributed by atoms with Crippen molar-refractivity contribution < 1.29 is 85.0 Å². The third-order valence-corrected chi connectivity index (χ3v) is 16.4. The van der Waals surface area contributed by atoms with Gasteiger partial charge in [0.25, 0.3) is 0 Å². The number of nitrogens with zero attached hydrogens (tertiary/aromatic N) is 16. The molecule has 14 amide bonds. The number of hydrogen-bond acceptors (Lipinski definition) is 29. The Hall–Kier alpha value is -20.6. The van der Waals surface area contributed by atoms with E-state index in [-0.39, 0.29) is 6.54 Å². The number of carbonyl (C=O) groups excluding carboxylic acids is 14. The van der Waals surface area contributed by atoms with Crippen LogP contribution in [0.2, 0.25) is 0 Å². The smallest absolute Gasteiger partial charge is 0.416 e. The van der Waals surface area contributed by atoms with Crippen LogP contribution in [0.15, 0.2) is 329 Å². The minimum atomic E-state index is -4.34. The predicted molar refractivity (Wildman–Crippen MR) is 547 cm³/mol. The molecule has 0 spiro atoms. The van der Waals surface area contributed by atoms with E-state index in [0.717, 1.165) is 66.4 Å². The van der Waals surface area contributed by atoms with Gasteiger partial charge in [0.15, 0.2) is 5.82 Å². The third kappa shape index (κ3) is 65.8. The number of halogens is 3. The van der Waals surface area contributed by atoms with Crippen LogP contribution in [0.1, 0.15) is 44.8 Å². The van der Waals surface area contributed by atoms with Crippen LogP contribution in [0.5, 0.6) is 5.75 Å². The Bertz CT molecular complexity index is 5630. The van der Waals surface area contributed by atoms with E-state index in [0.29, 0.717) is 165 Å². The van der Waals surface area contributed by atoms with Gasteiger partial charge >= 0.3 is 6.18 Å². The first-order valence-corrected chi connectivity index (χ1v) is 42.6. The number of likely N-dealkylation sites (N-methyl/N-ethyl adjacent to an activating group) is 1. The van der Waals surface area contributed by atoms with Crippen molar-refractivity contribution in [3.8, 4) is 17.9 Å². The van der Waals surface area contributed by atoms with Gasteiger partial charge in [-0.15, -0.1) is 5.10 Å². The van der Waals surface area contributed by atoms with Crippen LogP contribution in [-0.2, 0) is 99.5 Å². The van der Waals surface area contributed by atoms with Gasteiger partial charge in [-0.1, -0.05) is 115 Å². The molecule has 0 unspecified atom stereocenters. The quantitative estimate of drug-likeness (QED) is 0.0162. The van der Waals surface area contributed by atoms with Gasteiger partial charge < -0.3 is 83.2 Å². The van der Waals surface area contributed by atoms with Crippen LogP contribution in [0.25, 0.3) is 0 Å². The molecule has 0 atom stereocenters. The maximum absolute atomic E-state index is 12.2. The van der Waals surface area contributed by atoms with Crippen LogP contribution in [0.3, 0.4) is 0 Å². The molecule has 0 saturated heterocycles. The zero-order valence-electron chi connectivity index (χ0n) is 79.9. The number of alkyl halides is 3. The van der Waals surface area contributed by atoms with Crippen molar-refractivity contribution in [2.24, 2.45) is 0 Å². The lowest BCUT2D eigenvalue weighted by atomic mass is 10.1. The van der Waals surface area contributed by atoms with E-state index >= 15 is 0 Å². The Kier molecular flexibility index (Phi) is 71.7. The first-order valence-electron chi connectivity index (χ1n) is 42.6. The van der Waals surface area contributed by atoms with Crippen LogP contribution >= 0.6 is 0 Å². The second-order valence-electron chi connectivity index (χ2n) is 27.2. The van der Waals surface area contributed by atoms with Crippen LogP contribution in [-0.4, -0.2) is 196 Å². The number of ether oxygens (including phenoxy) is 1. The molecule has 43 nitrogen and oxygen atoms in total. The maximum Gasteiger partial charge on any atom is 0.416 e. The fourth-order valence-corrected chi connectivity index (χ4v) is 9.62. The number of aryl methyl sites for hydroxylation is 1. The average Bonchev–Trinajstić information content (AvgIpc) is 0.853. The molecular formula is C101H107F3N28O15. The summed E-state index contributed by atoms with van der Waals surface area (Å²) in [5, 5.41) is 60.4. The first-order chi connectivity index (χ1) is 71.6. The molecule has 14 aromatic rings. The Balaban J connectivity index is 0.000000794. The molecule has 0 saturated carbocycles. The van der Waals surface area contributed by atoms with Gasteiger partial charge in [0, 0.05) is 99.7 Å². The molecule has 762 valence electrons. The Morgan fingerprint density at radius 1 is 0.361 bits per heavy atom. The fourth-order valence-electron chi connectivity index (χ4n) is 9.62. The average molecular weight is 2010 g/mol. The molecule has 0 bridgehead atoms. The first kappa shape index (κ1) is 124. The van der Waals surface area contributed by atoms with Gasteiger partial charge in [-0.05, 0) is 171 Å². The van der Waals surface area contributed by atoms with Crippen LogP contribution in [0, 0.1) is 29.6 Å². The molecule has 0 fully saturated rings. The standard InChI is InChI=1S/C12H18N2O.C9H8F3NO.2C8H6N2O.C8H9NO2.2C8H9NO.C7H9N3O.3C6H6N2O.3C5H5N3O/c1-13(2)8-9-14(11-15)10-12-6-4-3-5-7-12;10-9(11,12)8-3-1-2-7(4-8)5-13-6-14;9-5-7-1-3-8(4-2-7)10-6-11;9-5-7-2-1-3-8(4-7)10-6-11;1-11-8-5-3-2-4-7(8)9-6-10;1-9(7-10)8-5-3-2-4-6-8;10-7-9-6-8-4-2-1-3-5-8;1-6-2-10-7(4-9-6)3-8-5-11;9-5-8-6-1-3-7-4-2-6;9-5-8-6-2-1-3-7-4-6;9-5-8-6-3-1-2-4-7-6;9-4-8-5-1-6-3-7-2-5;9-4-6-5-1-2-7-8-3-5;9-4-6-5-2-1-3-7-8-5/h3-7,11H,8-10H2,1-2H3;1-4,6H,5H2,(H,13,14);2*1-4,6H,(H,10,11);2-6H,1H3,(H,9,10);2-7H,1H3;1-5,7H,6H2,(H,9,10);2,4-5H,3H2,1H3,(H,8,11);1-5H,(H,7,8,9);1-5H,(H,8,9);1-5H,(H,7,8,9);1-4H,(H,8,9);1-4H,(H,6,7,9);1-4H,(H,6,8,9). The third-order valence-electron chi connectivity index (χ3n) is 16.4. The maximum atomic E-state index is 12.2. The van der Waals surface area contributed by atoms with Gasteiger partial charge in [0.2, 0.25) is 89.7 Å². The number of hydrogen-bond donors (Lipinski definition) is 12. The lowest BCUT2D eigenvalue weighted by Crippen LogP contribution is -2.30. The summed E-state index contributed by atoms with van der Waals surface area (Å²) in [6, 6.07) is 75.9. The van der Waals surface area contributed by atoms with Crippen molar-refractivity contribution in [3.05, 3.63) is 374 Å². The van der Waals surface area contributed by atoms with Gasteiger partial charge in [0.1, 0.15) is 17.9 Å². The zero-order valence-corrected chi connectivity index (χ0v) is 79.9. The second-order valence-corrected chi connectivity index (χ2v) is 27.2. The summed E-state index contributed by atoms with van der Waals surface area (Å²) in [4.78, 5) is 172. The zero-order chi connectivity index (χ0) is 108. The normalized spacial score (nSPS) is 9.00. The molecule has 0 aliphatic heterocycles. The van der Waals surface area contributed by atoms with Crippen molar-refractivity contribution in [1.82, 2.24) is 81.0 Å². The number of amides is 14. The van der Waals surface area contributed by atoms with Crippen molar-refractivity contribution in [3.63, 3.8) is 0 Å². The van der Waals surface area contributed by atoms with Gasteiger partial charge in [-0.2, -0.15) is 39.0 Å². The van der Waals surface area contributed by atoms with E-state index < -0.39 is 11.7 Å². The van der Waals surface area contributed by atoms with E-state index in [1.165, 1.54) is 59.9 Å². The number of pyridine rings is 3. The topological polar surface area (TPSA) is 592 Å². The van der Waals surface area contributed by atoms with Crippen molar-refractivity contribution in [2.75, 3.05) is 94.1 Å². The second kappa shape index (κ2) is 84.7. The summed E-state index contributed by atoms with van der Waals surface area (Å²) < 4.78 is 41.6. The molecular weight excluding hydrogens is 1900 g/mol. The molecule has 0 radical (unpaired) electrons. The van der Waals surface area contributed by atoms with E-state index in [9.17, 15) is 80.3 Å². The predicted octanol–water partition coefficient (Wildman–Crippen LogP) is 11.0. The van der Waals surface area contributed by atoms with Gasteiger partial charge in [-0.3, -0.25) is 87.1 Å². The number of carbonyl (C=O) groups is 14. The van der Waals surface area contributed by atoms with E-state index in [1.807, 2.05) is 136 Å². The lowest BCUT2D eigenvalue weighted by Gasteiger charge is -2.19. The number of aromatic nitrogens is 11. The molecule has 14 rings (SSSR count). The lowest BCUT2D eigenvalue weighted by molar-refractivity contribution is -0.137. The summed E-state index contributed by atoms with van der Waals surface area (Å²) in [5.41, 5.74) is 10.4. The summed E-state index contributed by atoms with van der Waals surface area (Å²) >= 11 is 0. The number of para-hydroxylation sites is 3. The minimum absolute atomic E-state index is 0.105.